The van der Waals surface area contributed by atoms with E-state index in [1.165, 1.54) is 0 Å². The Morgan fingerprint density at radius 2 is 1.93 bits per heavy atom. The van der Waals surface area contributed by atoms with Crippen molar-refractivity contribution in [3.05, 3.63) is 0 Å². The summed E-state index contributed by atoms with van der Waals surface area (Å²) in [5, 5.41) is 3.35. The minimum Gasteiger partial charge on any atom is -0.348 e. The zero-order valence-electron chi connectivity index (χ0n) is 10.3. The van der Waals surface area contributed by atoms with Gasteiger partial charge in [0.2, 0.25) is 5.91 Å². The van der Waals surface area contributed by atoms with Crippen LogP contribution in [0.25, 0.3) is 0 Å². The molecule has 1 aliphatic heterocycles. The monoisotopic (exact) mass is 213 g/mol. The van der Waals surface area contributed by atoms with Gasteiger partial charge in [0.1, 0.15) is 0 Å². The molecule has 1 heterocycles. The highest BCUT2D eigenvalue weighted by molar-refractivity contribution is 5.77. The summed E-state index contributed by atoms with van der Waals surface area (Å²) in [6.45, 7) is 4.83. The van der Waals surface area contributed by atoms with Gasteiger partial charge in [-0.05, 0) is 26.8 Å². The fraction of sp³-hybridized carbons (Fsp3) is 0.909. The van der Waals surface area contributed by atoms with Crippen molar-refractivity contribution >= 4 is 5.91 Å². The number of likely N-dealkylation sites (tertiary alicyclic amines) is 1. The summed E-state index contributed by atoms with van der Waals surface area (Å²) >= 11 is 0. The first-order valence-electron chi connectivity index (χ1n) is 5.58. The summed E-state index contributed by atoms with van der Waals surface area (Å²) in [6, 6.07) is 0. The van der Waals surface area contributed by atoms with Gasteiger partial charge in [-0.2, -0.15) is 0 Å². The Bertz CT molecular complexity index is 220. The van der Waals surface area contributed by atoms with E-state index in [1.54, 1.807) is 4.90 Å². The normalized spacial score (nSPS) is 21.3. The molecule has 4 nitrogen and oxygen atoms in total. The molecule has 1 N–H and O–H groups in total. The molecular formula is C11H23N3O. The van der Waals surface area contributed by atoms with Gasteiger partial charge < -0.3 is 10.2 Å². The highest BCUT2D eigenvalue weighted by Gasteiger charge is 2.28. The van der Waals surface area contributed by atoms with Crippen molar-refractivity contribution in [2.24, 2.45) is 0 Å². The van der Waals surface area contributed by atoms with Crippen LogP contribution < -0.4 is 5.32 Å². The van der Waals surface area contributed by atoms with Gasteiger partial charge in [-0.3, -0.25) is 9.69 Å². The lowest BCUT2D eigenvalue weighted by Gasteiger charge is -2.39. The van der Waals surface area contributed by atoms with Crippen LogP contribution in [0.1, 0.15) is 19.8 Å². The molecule has 88 valence electrons. The fourth-order valence-corrected chi connectivity index (χ4v) is 1.79. The molecule has 0 atom stereocenters. The zero-order valence-corrected chi connectivity index (χ0v) is 10.3. The van der Waals surface area contributed by atoms with Gasteiger partial charge in [-0.15, -0.1) is 0 Å². The SMILES string of the molecule is CNC1(C)CCN(CC(=O)N(C)C)CC1. The van der Waals surface area contributed by atoms with Crippen molar-refractivity contribution in [3.8, 4) is 0 Å². The molecule has 1 amide bonds. The van der Waals surface area contributed by atoms with Gasteiger partial charge in [0.25, 0.3) is 0 Å². The summed E-state index contributed by atoms with van der Waals surface area (Å²) in [4.78, 5) is 15.4. The average Bonchev–Trinajstić information content (AvgIpc) is 2.21. The lowest BCUT2D eigenvalue weighted by Crippen LogP contribution is -2.51. The van der Waals surface area contributed by atoms with Gasteiger partial charge in [0, 0.05) is 32.7 Å². The molecule has 0 spiro atoms. The minimum absolute atomic E-state index is 0.197. The molecule has 0 unspecified atom stereocenters. The van der Waals surface area contributed by atoms with E-state index in [-0.39, 0.29) is 11.4 Å². The van der Waals surface area contributed by atoms with Gasteiger partial charge >= 0.3 is 0 Å². The molecule has 0 aliphatic carbocycles. The molecule has 0 radical (unpaired) electrons. The fourth-order valence-electron chi connectivity index (χ4n) is 1.79. The summed E-state index contributed by atoms with van der Waals surface area (Å²) < 4.78 is 0. The predicted molar refractivity (Wildman–Crippen MR) is 61.8 cm³/mol. The Morgan fingerprint density at radius 1 is 1.40 bits per heavy atom. The van der Waals surface area contributed by atoms with Crippen LogP contribution in [0.15, 0.2) is 0 Å². The van der Waals surface area contributed by atoms with E-state index in [0.29, 0.717) is 6.54 Å². The molecule has 0 saturated carbocycles. The molecule has 1 fully saturated rings. The van der Waals surface area contributed by atoms with E-state index in [1.807, 2.05) is 21.1 Å². The molecule has 4 heteroatoms. The Morgan fingerprint density at radius 3 is 2.33 bits per heavy atom. The molecule has 0 aromatic heterocycles. The third kappa shape index (κ3) is 3.47. The molecular weight excluding hydrogens is 190 g/mol. The lowest BCUT2D eigenvalue weighted by atomic mass is 9.90. The van der Waals surface area contributed by atoms with Crippen LogP contribution in [-0.2, 0) is 4.79 Å². The highest BCUT2D eigenvalue weighted by atomic mass is 16.2. The van der Waals surface area contributed by atoms with Crippen molar-refractivity contribution in [1.29, 1.82) is 0 Å². The maximum absolute atomic E-state index is 11.5. The maximum Gasteiger partial charge on any atom is 0.236 e. The Balaban J connectivity index is 2.35. The Kier molecular flexibility index (Phi) is 4.11. The van der Waals surface area contributed by atoms with E-state index < -0.39 is 0 Å². The van der Waals surface area contributed by atoms with Crippen molar-refractivity contribution < 1.29 is 4.79 Å². The highest BCUT2D eigenvalue weighted by Crippen LogP contribution is 2.20. The average molecular weight is 213 g/mol. The van der Waals surface area contributed by atoms with E-state index in [9.17, 15) is 4.79 Å². The zero-order chi connectivity index (χ0) is 11.5. The summed E-state index contributed by atoms with van der Waals surface area (Å²) in [7, 11) is 5.63. The van der Waals surface area contributed by atoms with Crippen LogP contribution in [0.4, 0.5) is 0 Å². The molecule has 1 rings (SSSR count). The lowest BCUT2D eigenvalue weighted by molar-refractivity contribution is -0.130. The third-order valence-corrected chi connectivity index (χ3v) is 3.42. The smallest absolute Gasteiger partial charge is 0.236 e. The van der Waals surface area contributed by atoms with Crippen molar-refractivity contribution in [2.45, 2.75) is 25.3 Å². The number of carbonyl (C=O) groups is 1. The van der Waals surface area contributed by atoms with Crippen LogP contribution in [0, 0.1) is 0 Å². The summed E-state index contributed by atoms with van der Waals surface area (Å²) in [5.41, 5.74) is 0.262. The number of piperidine rings is 1. The minimum atomic E-state index is 0.197. The number of likely N-dealkylation sites (N-methyl/N-ethyl adjacent to an activating group) is 1. The number of hydrogen-bond acceptors (Lipinski definition) is 3. The van der Waals surface area contributed by atoms with Crippen LogP contribution in [0.5, 0.6) is 0 Å². The van der Waals surface area contributed by atoms with E-state index in [4.69, 9.17) is 0 Å². The molecule has 0 aromatic rings. The topological polar surface area (TPSA) is 35.6 Å². The Hall–Kier alpha value is -0.610. The quantitative estimate of drug-likeness (QED) is 0.725. The number of rotatable bonds is 3. The number of hydrogen-bond donors (Lipinski definition) is 1. The van der Waals surface area contributed by atoms with E-state index in [2.05, 4.69) is 17.1 Å². The number of amides is 1. The second-order valence-corrected chi connectivity index (χ2v) is 4.87. The summed E-state index contributed by atoms with van der Waals surface area (Å²) in [6.07, 6.45) is 2.23. The van der Waals surface area contributed by atoms with Gasteiger partial charge in [0.15, 0.2) is 0 Å². The number of nitrogens with zero attached hydrogens (tertiary/aromatic N) is 2. The standard InChI is InChI=1S/C11H23N3O/c1-11(12-2)5-7-14(8-6-11)9-10(15)13(3)4/h12H,5-9H2,1-4H3. The number of nitrogens with one attached hydrogen (secondary N) is 1. The van der Waals surface area contributed by atoms with Crippen LogP contribution in [0.2, 0.25) is 0 Å². The molecule has 0 aromatic carbocycles. The van der Waals surface area contributed by atoms with Crippen LogP contribution in [-0.4, -0.2) is 62.0 Å². The van der Waals surface area contributed by atoms with Crippen molar-refractivity contribution in [2.75, 3.05) is 40.8 Å². The first kappa shape index (κ1) is 12.5. The molecule has 0 bridgehead atoms. The molecule has 1 saturated heterocycles. The second kappa shape index (κ2) is 4.94. The van der Waals surface area contributed by atoms with Gasteiger partial charge in [-0.25, -0.2) is 0 Å². The summed E-state index contributed by atoms with van der Waals surface area (Å²) in [5.74, 6) is 0.197. The van der Waals surface area contributed by atoms with Crippen LogP contribution in [0.3, 0.4) is 0 Å². The van der Waals surface area contributed by atoms with Crippen LogP contribution >= 0.6 is 0 Å². The van der Waals surface area contributed by atoms with Crippen molar-refractivity contribution in [1.82, 2.24) is 15.1 Å². The largest absolute Gasteiger partial charge is 0.348 e. The van der Waals surface area contributed by atoms with Gasteiger partial charge in [-0.1, -0.05) is 0 Å². The second-order valence-electron chi connectivity index (χ2n) is 4.87. The third-order valence-electron chi connectivity index (χ3n) is 3.42. The van der Waals surface area contributed by atoms with E-state index in [0.717, 1.165) is 25.9 Å². The first-order valence-corrected chi connectivity index (χ1v) is 5.58. The first-order chi connectivity index (χ1) is 6.97. The van der Waals surface area contributed by atoms with Crippen molar-refractivity contribution in [3.63, 3.8) is 0 Å². The Labute approximate surface area is 92.6 Å². The van der Waals surface area contributed by atoms with Gasteiger partial charge in [0.05, 0.1) is 6.54 Å². The molecule has 1 aliphatic rings. The number of carbonyl (C=O) groups excluding carboxylic acids is 1. The van der Waals surface area contributed by atoms with E-state index >= 15 is 0 Å². The predicted octanol–water partition coefficient (Wildman–Crippen LogP) is 0.149. The maximum atomic E-state index is 11.5. The molecule has 15 heavy (non-hydrogen) atoms.